The maximum atomic E-state index is 11.6. The smallest absolute Gasteiger partial charge is 0.339 e. The number of β-amino-alcohol motifs (C(OH)–C–C–N with tert-alkyl or cyclic N) is 1. The summed E-state index contributed by atoms with van der Waals surface area (Å²) >= 11 is 0. The summed E-state index contributed by atoms with van der Waals surface area (Å²) in [6, 6.07) is 3.63. The molecule has 21 heavy (non-hydrogen) atoms. The van der Waals surface area contributed by atoms with Crippen molar-refractivity contribution in [1.29, 1.82) is 0 Å². The van der Waals surface area contributed by atoms with Gasteiger partial charge < -0.3 is 14.7 Å². The summed E-state index contributed by atoms with van der Waals surface area (Å²) in [5, 5.41) is 9.01. The van der Waals surface area contributed by atoms with Crippen molar-refractivity contribution in [3.63, 3.8) is 0 Å². The van der Waals surface area contributed by atoms with Gasteiger partial charge in [0.15, 0.2) is 0 Å². The van der Waals surface area contributed by atoms with Gasteiger partial charge in [-0.05, 0) is 32.0 Å². The van der Waals surface area contributed by atoms with E-state index in [2.05, 4.69) is 14.8 Å². The Kier molecular flexibility index (Phi) is 5.95. The predicted octanol–water partition coefficient (Wildman–Crippen LogP) is 0.763. The fourth-order valence-electron chi connectivity index (χ4n) is 2.47. The van der Waals surface area contributed by atoms with Crippen LogP contribution in [0.1, 0.15) is 23.7 Å². The van der Waals surface area contributed by atoms with E-state index in [1.54, 1.807) is 19.2 Å². The monoisotopic (exact) mass is 293 g/mol. The highest BCUT2D eigenvalue weighted by molar-refractivity contribution is 5.89. The Bertz CT molecular complexity index is 450. The normalized spacial score (nSPS) is 16.6. The minimum Gasteiger partial charge on any atom is -0.462 e. The highest BCUT2D eigenvalue weighted by Gasteiger charge is 2.16. The Morgan fingerprint density at radius 2 is 2.19 bits per heavy atom. The van der Waals surface area contributed by atoms with E-state index in [0.29, 0.717) is 12.2 Å². The molecule has 1 aliphatic rings. The minimum atomic E-state index is -0.332. The van der Waals surface area contributed by atoms with Gasteiger partial charge in [-0.15, -0.1) is 0 Å². The SMILES string of the molecule is CCOC(=O)c1ccc(N2CCCN(CCO)CC2)nc1. The summed E-state index contributed by atoms with van der Waals surface area (Å²) in [5.41, 5.74) is 0.484. The largest absolute Gasteiger partial charge is 0.462 e. The molecule has 1 saturated heterocycles. The fourth-order valence-corrected chi connectivity index (χ4v) is 2.47. The van der Waals surface area contributed by atoms with Crippen molar-refractivity contribution in [3.05, 3.63) is 23.9 Å². The van der Waals surface area contributed by atoms with Crippen LogP contribution in [-0.4, -0.2) is 66.9 Å². The Hall–Kier alpha value is -1.66. The van der Waals surface area contributed by atoms with Gasteiger partial charge in [-0.2, -0.15) is 0 Å². The molecule has 1 aromatic heterocycles. The summed E-state index contributed by atoms with van der Waals surface area (Å²) in [5.74, 6) is 0.551. The van der Waals surface area contributed by atoms with Gasteiger partial charge in [0.1, 0.15) is 5.82 Å². The van der Waals surface area contributed by atoms with E-state index in [9.17, 15) is 4.79 Å². The summed E-state index contributed by atoms with van der Waals surface area (Å²) in [6.07, 6.45) is 2.62. The minimum absolute atomic E-state index is 0.201. The number of anilines is 1. The molecule has 1 fully saturated rings. The van der Waals surface area contributed by atoms with Crippen LogP contribution in [0.15, 0.2) is 18.3 Å². The maximum Gasteiger partial charge on any atom is 0.339 e. The number of hydrogen-bond acceptors (Lipinski definition) is 6. The zero-order chi connectivity index (χ0) is 15.1. The lowest BCUT2D eigenvalue weighted by atomic mass is 10.2. The molecule has 1 aromatic rings. The molecular weight excluding hydrogens is 270 g/mol. The number of aliphatic hydroxyl groups excluding tert-OH is 1. The van der Waals surface area contributed by atoms with Crippen molar-refractivity contribution in [2.45, 2.75) is 13.3 Å². The lowest BCUT2D eigenvalue weighted by Crippen LogP contribution is -2.32. The van der Waals surface area contributed by atoms with E-state index in [0.717, 1.165) is 45.0 Å². The molecule has 0 aromatic carbocycles. The van der Waals surface area contributed by atoms with Crippen LogP contribution in [0.4, 0.5) is 5.82 Å². The molecule has 0 atom stereocenters. The first-order valence-corrected chi connectivity index (χ1v) is 7.46. The van der Waals surface area contributed by atoms with Gasteiger partial charge in [0.2, 0.25) is 0 Å². The average molecular weight is 293 g/mol. The third-order valence-corrected chi connectivity index (χ3v) is 3.59. The van der Waals surface area contributed by atoms with Gasteiger partial charge in [-0.1, -0.05) is 0 Å². The van der Waals surface area contributed by atoms with E-state index in [4.69, 9.17) is 9.84 Å². The highest BCUT2D eigenvalue weighted by Crippen LogP contribution is 2.14. The van der Waals surface area contributed by atoms with Gasteiger partial charge in [0.05, 0.1) is 18.8 Å². The van der Waals surface area contributed by atoms with Gasteiger partial charge >= 0.3 is 5.97 Å². The van der Waals surface area contributed by atoms with Crippen LogP contribution in [0.3, 0.4) is 0 Å². The summed E-state index contributed by atoms with van der Waals surface area (Å²) in [4.78, 5) is 20.4. The van der Waals surface area contributed by atoms with Crippen molar-refractivity contribution in [2.24, 2.45) is 0 Å². The molecular formula is C15H23N3O3. The molecule has 0 radical (unpaired) electrons. The molecule has 6 nitrogen and oxygen atoms in total. The topological polar surface area (TPSA) is 65.9 Å². The van der Waals surface area contributed by atoms with Crippen molar-refractivity contribution >= 4 is 11.8 Å². The molecule has 0 unspecified atom stereocenters. The quantitative estimate of drug-likeness (QED) is 0.809. The van der Waals surface area contributed by atoms with Gasteiger partial charge in [0, 0.05) is 32.4 Å². The molecule has 1 aliphatic heterocycles. The molecule has 0 bridgehead atoms. The Balaban J connectivity index is 1.97. The third-order valence-electron chi connectivity index (χ3n) is 3.59. The number of aliphatic hydroxyl groups is 1. The number of rotatable bonds is 5. The lowest BCUT2D eigenvalue weighted by molar-refractivity contribution is 0.0526. The molecule has 116 valence electrons. The standard InChI is InChI=1S/C15H23N3O3/c1-2-21-15(20)13-4-5-14(16-12-13)18-7-3-6-17(8-9-18)10-11-19/h4-5,12,19H,2-3,6-11H2,1H3. The number of carbonyl (C=O) groups is 1. The van der Waals surface area contributed by atoms with Crippen LogP contribution in [0.2, 0.25) is 0 Å². The summed E-state index contributed by atoms with van der Waals surface area (Å²) in [7, 11) is 0. The van der Waals surface area contributed by atoms with E-state index in [1.807, 2.05) is 6.07 Å². The fraction of sp³-hybridized carbons (Fsp3) is 0.600. The van der Waals surface area contributed by atoms with Crippen LogP contribution in [0.25, 0.3) is 0 Å². The summed E-state index contributed by atoms with van der Waals surface area (Å²) in [6.45, 7) is 6.82. The number of pyridine rings is 1. The van der Waals surface area contributed by atoms with E-state index < -0.39 is 0 Å². The Labute approximate surface area is 125 Å². The average Bonchev–Trinajstić information content (AvgIpc) is 2.74. The summed E-state index contributed by atoms with van der Waals surface area (Å²) < 4.78 is 4.95. The molecule has 6 heteroatoms. The second-order valence-electron chi connectivity index (χ2n) is 5.03. The molecule has 0 amide bonds. The Morgan fingerprint density at radius 1 is 1.33 bits per heavy atom. The van der Waals surface area contributed by atoms with E-state index >= 15 is 0 Å². The zero-order valence-electron chi connectivity index (χ0n) is 12.5. The second kappa shape index (κ2) is 7.95. The van der Waals surface area contributed by atoms with Gasteiger partial charge in [-0.3, -0.25) is 4.90 Å². The molecule has 0 aliphatic carbocycles. The van der Waals surface area contributed by atoms with Crippen molar-refractivity contribution in [1.82, 2.24) is 9.88 Å². The molecule has 1 N–H and O–H groups in total. The highest BCUT2D eigenvalue weighted by atomic mass is 16.5. The number of hydrogen-bond donors (Lipinski definition) is 1. The van der Waals surface area contributed by atoms with Crippen LogP contribution in [-0.2, 0) is 4.74 Å². The Morgan fingerprint density at radius 3 is 2.86 bits per heavy atom. The van der Waals surface area contributed by atoms with Crippen molar-refractivity contribution < 1.29 is 14.6 Å². The van der Waals surface area contributed by atoms with Crippen LogP contribution < -0.4 is 4.90 Å². The molecule has 0 spiro atoms. The van der Waals surface area contributed by atoms with Gasteiger partial charge in [-0.25, -0.2) is 9.78 Å². The van der Waals surface area contributed by atoms with Crippen LogP contribution in [0, 0.1) is 0 Å². The first-order chi connectivity index (χ1) is 10.2. The second-order valence-corrected chi connectivity index (χ2v) is 5.03. The van der Waals surface area contributed by atoms with Crippen molar-refractivity contribution in [2.75, 3.05) is 50.8 Å². The maximum absolute atomic E-state index is 11.6. The third kappa shape index (κ3) is 4.41. The number of carbonyl (C=O) groups excluding carboxylic acids is 1. The van der Waals surface area contributed by atoms with E-state index in [-0.39, 0.29) is 12.6 Å². The zero-order valence-corrected chi connectivity index (χ0v) is 12.5. The molecule has 2 rings (SSSR count). The van der Waals surface area contributed by atoms with Crippen LogP contribution in [0.5, 0.6) is 0 Å². The first kappa shape index (κ1) is 15.7. The number of nitrogens with zero attached hydrogens (tertiary/aromatic N) is 3. The molecule has 0 saturated carbocycles. The number of aromatic nitrogens is 1. The van der Waals surface area contributed by atoms with Crippen molar-refractivity contribution in [3.8, 4) is 0 Å². The lowest BCUT2D eigenvalue weighted by Gasteiger charge is -2.22. The van der Waals surface area contributed by atoms with E-state index in [1.165, 1.54) is 0 Å². The molecule has 2 heterocycles. The van der Waals surface area contributed by atoms with Crippen LogP contribution >= 0.6 is 0 Å². The van der Waals surface area contributed by atoms with Gasteiger partial charge in [0.25, 0.3) is 0 Å². The first-order valence-electron chi connectivity index (χ1n) is 7.46. The predicted molar refractivity (Wildman–Crippen MR) is 80.5 cm³/mol. The number of ether oxygens (including phenoxy) is 1. The number of esters is 1.